The van der Waals surface area contributed by atoms with Crippen molar-refractivity contribution in [3.63, 3.8) is 0 Å². The first kappa shape index (κ1) is 32.3. The minimum absolute atomic E-state index is 0.0453. The lowest BCUT2D eigenvalue weighted by Gasteiger charge is -2.19. The van der Waals surface area contributed by atoms with Gasteiger partial charge in [-0.1, -0.05) is 13.8 Å². The van der Waals surface area contributed by atoms with Crippen LogP contribution in [0.3, 0.4) is 0 Å². The Labute approximate surface area is 168 Å². The summed E-state index contributed by atoms with van der Waals surface area (Å²) in [7, 11) is 2.88. The molecule has 10 nitrogen and oxygen atoms in total. The van der Waals surface area contributed by atoms with Crippen LogP contribution in [0.15, 0.2) is 0 Å². The molecule has 0 saturated heterocycles. The van der Waals surface area contributed by atoms with Crippen LogP contribution >= 0.6 is 0 Å². The summed E-state index contributed by atoms with van der Waals surface area (Å²) in [6, 6.07) is 0. The van der Waals surface area contributed by atoms with E-state index in [0.717, 1.165) is 6.42 Å². The molecule has 4 unspecified atom stereocenters. The van der Waals surface area contributed by atoms with Gasteiger partial charge in [0.25, 0.3) is 0 Å². The highest BCUT2D eigenvalue weighted by atomic mass is 16.7. The molecule has 10 heteroatoms. The van der Waals surface area contributed by atoms with E-state index in [2.05, 4.69) is 4.74 Å². The Morgan fingerprint density at radius 3 is 1.43 bits per heavy atom. The molecule has 0 aromatic rings. The Bertz CT molecular complexity index is 250. The lowest BCUT2D eigenvalue weighted by molar-refractivity contribution is -0.181. The summed E-state index contributed by atoms with van der Waals surface area (Å²) in [5.41, 5.74) is 0. The maximum atomic E-state index is 8.73. The number of methoxy groups -OCH3 is 2. The monoisotopic (exact) mass is 418 g/mol. The molecule has 0 aromatic carbocycles. The molecule has 0 amide bonds. The van der Waals surface area contributed by atoms with Gasteiger partial charge in [-0.2, -0.15) is 0 Å². The Hall–Kier alpha value is -0.400. The van der Waals surface area contributed by atoms with Gasteiger partial charge in [0.05, 0.1) is 38.6 Å². The van der Waals surface area contributed by atoms with Crippen LogP contribution in [-0.4, -0.2) is 109 Å². The molecule has 0 rings (SSSR count). The maximum absolute atomic E-state index is 8.73. The summed E-state index contributed by atoms with van der Waals surface area (Å²) < 4.78 is 19.4. The van der Waals surface area contributed by atoms with E-state index in [1.54, 1.807) is 6.92 Å². The molecule has 28 heavy (non-hydrogen) atoms. The Morgan fingerprint density at radius 2 is 1.21 bits per heavy atom. The Kier molecular flexibility index (Phi) is 28.4. The highest BCUT2D eigenvalue weighted by Gasteiger charge is 2.12. The SMILES string of the molecule is CCC(CO)CO.CCC(CO)OC(CO)OC.COC(CO)OCC(C)O. The van der Waals surface area contributed by atoms with Crippen molar-refractivity contribution < 1.29 is 49.6 Å². The molecule has 0 radical (unpaired) electrons. The highest BCUT2D eigenvalue weighted by Crippen LogP contribution is 2.02. The molecule has 0 fully saturated rings. The minimum Gasteiger partial charge on any atom is -0.396 e. The van der Waals surface area contributed by atoms with E-state index in [-0.39, 0.29) is 51.7 Å². The second-order valence-corrected chi connectivity index (χ2v) is 5.87. The molecule has 4 atom stereocenters. The summed E-state index contributed by atoms with van der Waals surface area (Å²) in [6.07, 6.45) is -0.443. The van der Waals surface area contributed by atoms with Crippen molar-refractivity contribution >= 4 is 0 Å². The molecule has 0 saturated carbocycles. The fraction of sp³-hybridized carbons (Fsp3) is 1.00. The van der Waals surface area contributed by atoms with E-state index in [9.17, 15) is 0 Å². The standard InChI is InChI=1S/C7H16O4.C6H14O4.C5H12O2/c1-3-6(4-8)11-7(5-9)10-2;1-5(8)4-10-6(3-7)9-2;1-2-5(3-6)4-7/h6-9H,3-5H2,1-2H3;5-8H,3-4H2,1-2H3;5-7H,2-4H2,1H3. The zero-order valence-electron chi connectivity index (χ0n) is 17.9. The number of hydrogen-bond acceptors (Lipinski definition) is 10. The van der Waals surface area contributed by atoms with Gasteiger partial charge in [0.2, 0.25) is 0 Å². The first-order valence-corrected chi connectivity index (χ1v) is 9.38. The second-order valence-electron chi connectivity index (χ2n) is 5.87. The lowest BCUT2D eigenvalue weighted by atomic mass is 10.1. The van der Waals surface area contributed by atoms with Crippen molar-refractivity contribution in [3.05, 3.63) is 0 Å². The molecule has 0 aliphatic heterocycles. The van der Waals surface area contributed by atoms with E-state index in [0.29, 0.717) is 6.42 Å². The molecule has 0 spiro atoms. The summed E-state index contributed by atoms with van der Waals surface area (Å²) >= 11 is 0. The van der Waals surface area contributed by atoms with Gasteiger partial charge in [-0.3, -0.25) is 0 Å². The smallest absolute Gasteiger partial charge is 0.180 e. The van der Waals surface area contributed by atoms with E-state index in [1.165, 1.54) is 14.2 Å². The molecular weight excluding hydrogens is 376 g/mol. The van der Waals surface area contributed by atoms with Crippen LogP contribution in [0, 0.1) is 5.92 Å². The molecular formula is C18H42O10. The van der Waals surface area contributed by atoms with Crippen LogP contribution in [0.2, 0.25) is 0 Å². The largest absolute Gasteiger partial charge is 0.396 e. The van der Waals surface area contributed by atoms with Gasteiger partial charge < -0.3 is 49.6 Å². The number of aliphatic hydroxyl groups is 6. The van der Waals surface area contributed by atoms with Crippen LogP contribution in [-0.2, 0) is 18.9 Å². The van der Waals surface area contributed by atoms with E-state index < -0.39 is 18.7 Å². The van der Waals surface area contributed by atoms with Crippen molar-refractivity contribution in [2.75, 3.05) is 53.9 Å². The predicted molar refractivity (Wildman–Crippen MR) is 104 cm³/mol. The molecule has 0 aromatic heterocycles. The van der Waals surface area contributed by atoms with Crippen LogP contribution in [0.1, 0.15) is 33.6 Å². The second kappa shape index (κ2) is 24.6. The number of rotatable bonds is 14. The average molecular weight is 419 g/mol. The van der Waals surface area contributed by atoms with Crippen LogP contribution in [0.25, 0.3) is 0 Å². The third-order valence-corrected chi connectivity index (χ3v) is 3.44. The third-order valence-electron chi connectivity index (χ3n) is 3.44. The quantitative estimate of drug-likeness (QED) is 0.195. The fourth-order valence-electron chi connectivity index (χ4n) is 1.41. The Balaban J connectivity index is -0.000000343. The lowest BCUT2D eigenvalue weighted by Crippen LogP contribution is -2.28. The van der Waals surface area contributed by atoms with Crippen LogP contribution in [0.5, 0.6) is 0 Å². The third kappa shape index (κ3) is 21.9. The van der Waals surface area contributed by atoms with E-state index in [4.69, 9.17) is 44.8 Å². The number of hydrogen-bond donors (Lipinski definition) is 6. The Morgan fingerprint density at radius 1 is 0.714 bits per heavy atom. The van der Waals surface area contributed by atoms with Gasteiger partial charge in [-0.25, -0.2) is 0 Å². The van der Waals surface area contributed by atoms with Crippen molar-refractivity contribution in [3.8, 4) is 0 Å². The molecule has 0 aliphatic carbocycles. The van der Waals surface area contributed by atoms with Gasteiger partial charge in [0, 0.05) is 33.4 Å². The van der Waals surface area contributed by atoms with Gasteiger partial charge in [-0.05, 0) is 19.8 Å². The zero-order valence-corrected chi connectivity index (χ0v) is 17.9. The van der Waals surface area contributed by atoms with Gasteiger partial charge >= 0.3 is 0 Å². The van der Waals surface area contributed by atoms with Crippen molar-refractivity contribution in [2.45, 2.75) is 58.4 Å². The van der Waals surface area contributed by atoms with Crippen LogP contribution < -0.4 is 0 Å². The first-order chi connectivity index (χ1) is 13.3. The van der Waals surface area contributed by atoms with Gasteiger partial charge in [-0.15, -0.1) is 0 Å². The summed E-state index contributed by atoms with van der Waals surface area (Å²) in [6.45, 7) is 5.40. The average Bonchev–Trinajstić information content (AvgIpc) is 2.72. The van der Waals surface area contributed by atoms with E-state index >= 15 is 0 Å². The molecule has 0 aliphatic rings. The van der Waals surface area contributed by atoms with E-state index in [1.807, 2.05) is 13.8 Å². The summed E-state index contributed by atoms with van der Waals surface area (Å²) in [5, 5.41) is 51.3. The summed E-state index contributed by atoms with van der Waals surface area (Å²) in [4.78, 5) is 0. The van der Waals surface area contributed by atoms with Crippen molar-refractivity contribution in [2.24, 2.45) is 5.92 Å². The fourth-order valence-corrected chi connectivity index (χ4v) is 1.41. The van der Waals surface area contributed by atoms with Gasteiger partial charge in [0.1, 0.15) is 0 Å². The highest BCUT2D eigenvalue weighted by molar-refractivity contribution is 4.53. The number of aliphatic hydroxyl groups excluding tert-OH is 6. The molecule has 174 valence electrons. The van der Waals surface area contributed by atoms with Crippen LogP contribution in [0.4, 0.5) is 0 Å². The predicted octanol–water partition coefficient (Wildman–Crippen LogP) is -0.915. The number of ether oxygens (including phenoxy) is 4. The van der Waals surface area contributed by atoms with Crippen molar-refractivity contribution in [1.29, 1.82) is 0 Å². The topological polar surface area (TPSA) is 158 Å². The summed E-state index contributed by atoms with van der Waals surface area (Å²) in [5.74, 6) is 0.0972. The molecule has 0 bridgehead atoms. The van der Waals surface area contributed by atoms with Crippen molar-refractivity contribution in [1.82, 2.24) is 0 Å². The van der Waals surface area contributed by atoms with Gasteiger partial charge in [0.15, 0.2) is 12.6 Å². The maximum Gasteiger partial charge on any atom is 0.180 e. The zero-order chi connectivity index (χ0) is 22.4. The first-order valence-electron chi connectivity index (χ1n) is 9.38. The normalized spacial score (nSPS) is 15.0. The minimum atomic E-state index is -0.618. The molecule has 0 heterocycles. The molecule has 6 N–H and O–H groups in total.